The number of nitrogens with zero attached hydrogens (tertiary/aromatic N) is 3. The van der Waals surface area contributed by atoms with E-state index < -0.39 is 23.5 Å². The highest BCUT2D eigenvalue weighted by Crippen LogP contribution is 2.29. The molecule has 0 radical (unpaired) electrons. The van der Waals surface area contributed by atoms with E-state index in [9.17, 15) is 22.4 Å². The van der Waals surface area contributed by atoms with E-state index in [2.05, 4.69) is 15.6 Å². The second-order valence-corrected chi connectivity index (χ2v) is 6.10. The molecule has 0 spiro atoms. The molecule has 28 heavy (non-hydrogen) atoms. The van der Waals surface area contributed by atoms with Crippen LogP contribution < -0.4 is 11.1 Å². The Bertz CT molecular complexity index is 1030. The molecule has 3 rings (SSSR count). The summed E-state index contributed by atoms with van der Waals surface area (Å²) in [6, 6.07) is 8.83. The number of carbonyl (C=O) groups is 1. The lowest BCUT2D eigenvalue weighted by Crippen LogP contribution is -2.15. The first kappa shape index (κ1) is 19.3. The first-order valence-corrected chi connectivity index (χ1v) is 8.08. The van der Waals surface area contributed by atoms with Crippen LogP contribution in [0.5, 0.6) is 0 Å². The summed E-state index contributed by atoms with van der Waals surface area (Å²) in [5.74, 6) is -1.32. The van der Waals surface area contributed by atoms with Crippen LogP contribution in [0, 0.1) is 12.7 Å². The van der Waals surface area contributed by atoms with Crippen LogP contribution in [0.4, 0.5) is 29.1 Å². The van der Waals surface area contributed by atoms with E-state index in [0.29, 0.717) is 11.1 Å². The number of anilines is 2. The topological polar surface area (TPSA) is 85.8 Å². The first-order chi connectivity index (χ1) is 13.1. The minimum atomic E-state index is -4.47. The van der Waals surface area contributed by atoms with Gasteiger partial charge in [0.1, 0.15) is 5.82 Å². The van der Waals surface area contributed by atoms with Gasteiger partial charge < -0.3 is 11.1 Å². The molecule has 0 aliphatic carbocycles. The number of alkyl halides is 3. The third-order valence-corrected chi connectivity index (χ3v) is 4.00. The fourth-order valence-electron chi connectivity index (χ4n) is 2.48. The predicted octanol–water partition coefficient (Wildman–Crippen LogP) is 3.63. The maximum Gasteiger partial charge on any atom is 0.416 e. The standard InChI is InChI=1S/C18H15F4N5O/c1-10-5-6-13(8-14(10)19)24-17(28)15-16(23)27(26-25-15)9-11-3-2-4-12(7-11)18(20,21)22/h2-8H,9,23H2,1H3,(H,24,28). The Balaban J connectivity index is 1.78. The van der Waals surface area contributed by atoms with Crippen molar-refractivity contribution in [1.82, 2.24) is 15.0 Å². The number of nitrogens with one attached hydrogen (secondary N) is 1. The van der Waals surface area contributed by atoms with E-state index in [4.69, 9.17) is 5.73 Å². The second kappa shape index (κ2) is 7.29. The van der Waals surface area contributed by atoms with Gasteiger partial charge in [0.2, 0.25) is 0 Å². The number of carbonyl (C=O) groups excluding carboxylic acids is 1. The molecule has 1 heterocycles. The summed E-state index contributed by atoms with van der Waals surface area (Å²) in [6.45, 7) is 1.48. The molecule has 0 fully saturated rings. The van der Waals surface area contributed by atoms with E-state index in [-0.39, 0.29) is 23.7 Å². The number of nitrogen functional groups attached to an aromatic ring is 1. The van der Waals surface area contributed by atoms with Crippen LogP contribution in [-0.4, -0.2) is 20.9 Å². The van der Waals surface area contributed by atoms with Crippen LogP contribution in [0.15, 0.2) is 42.5 Å². The molecule has 0 aliphatic heterocycles. The zero-order valence-corrected chi connectivity index (χ0v) is 14.6. The SMILES string of the molecule is Cc1ccc(NC(=O)c2nnn(Cc3cccc(C(F)(F)F)c3)c2N)cc1F. The van der Waals surface area contributed by atoms with Crippen molar-refractivity contribution in [2.24, 2.45) is 0 Å². The molecule has 0 unspecified atom stereocenters. The quantitative estimate of drug-likeness (QED) is 0.663. The Labute approximate surface area is 157 Å². The van der Waals surface area contributed by atoms with Gasteiger partial charge in [-0.3, -0.25) is 4.79 Å². The van der Waals surface area contributed by atoms with Crippen LogP contribution in [0.1, 0.15) is 27.2 Å². The highest BCUT2D eigenvalue weighted by molar-refractivity contribution is 6.05. The van der Waals surface area contributed by atoms with Gasteiger partial charge in [-0.05, 0) is 42.3 Å². The lowest BCUT2D eigenvalue weighted by molar-refractivity contribution is -0.137. The number of hydrogen-bond donors (Lipinski definition) is 2. The first-order valence-electron chi connectivity index (χ1n) is 8.08. The number of aromatic nitrogens is 3. The largest absolute Gasteiger partial charge is 0.416 e. The van der Waals surface area contributed by atoms with Crippen molar-refractivity contribution in [3.8, 4) is 0 Å². The molecule has 0 saturated carbocycles. The average Bonchev–Trinajstić information content (AvgIpc) is 2.98. The molecule has 3 aromatic rings. The van der Waals surface area contributed by atoms with Crippen LogP contribution in [0.3, 0.4) is 0 Å². The molecule has 6 nitrogen and oxygen atoms in total. The third-order valence-electron chi connectivity index (χ3n) is 4.00. The van der Waals surface area contributed by atoms with Gasteiger partial charge in [-0.1, -0.05) is 23.4 Å². The summed E-state index contributed by atoms with van der Waals surface area (Å²) < 4.78 is 53.1. The summed E-state index contributed by atoms with van der Waals surface area (Å²) in [4.78, 5) is 12.3. The molecular weight excluding hydrogens is 378 g/mol. The Hall–Kier alpha value is -3.43. The minimum absolute atomic E-state index is 0.102. The molecule has 146 valence electrons. The van der Waals surface area contributed by atoms with Gasteiger partial charge in [0.25, 0.3) is 5.91 Å². The number of amides is 1. The summed E-state index contributed by atoms with van der Waals surface area (Å²) >= 11 is 0. The summed E-state index contributed by atoms with van der Waals surface area (Å²) in [7, 11) is 0. The number of aryl methyl sites for hydroxylation is 1. The van der Waals surface area contributed by atoms with Crippen molar-refractivity contribution in [3.05, 3.63) is 70.7 Å². The highest BCUT2D eigenvalue weighted by Gasteiger charge is 2.30. The lowest BCUT2D eigenvalue weighted by Gasteiger charge is -2.09. The number of nitrogens with two attached hydrogens (primary N) is 1. The van der Waals surface area contributed by atoms with Gasteiger partial charge in [-0.15, -0.1) is 5.10 Å². The molecule has 10 heteroatoms. The van der Waals surface area contributed by atoms with Crippen molar-refractivity contribution in [2.45, 2.75) is 19.6 Å². The van der Waals surface area contributed by atoms with Gasteiger partial charge in [-0.2, -0.15) is 13.2 Å². The Morgan fingerprint density at radius 2 is 1.96 bits per heavy atom. The Morgan fingerprint density at radius 1 is 1.21 bits per heavy atom. The maximum atomic E-state index is 13.6. The van der Waals surface area contributed by atoms with E-state index >= 15 is 0 Å². The molecule has 1 aromatic heterocycles. The van der Waals surface area contributed by atoms with Gasteiger partial charge in [0, 0.05) is 5.69 Å². The van der Waals surface area contributed by atoms with Gasteiger partial charge in [0.05, 0.1) is 12.1 Å². The van der Waals surface area contributed by atoms with Crippen molar-refractivity contribution in [2.75, 3.05) is 11.1 Å². The molecule has 0 saturated heterocycles. The van der Waals surface area contributed by atoms with Crippen molar-refractivity contribution in [3.63, 3.8) is 0 Å². The minimum Gasteiger partial charge on any atom is -0.382 e. The molecular formula is C18H15F4N5O. The van der Waals surface area contributed by atoms with Crippen LogP contribution in [0.2, 0.25) is 0 Å². The van der Waals surface area contributed by atoms with Crippen LogP contribution in [0.25, 0.3) is 0 Å². The summed E-state index contributed by atoms with van der Waals surface area (Å²) in [5, 5.41) is 9.85. The van der Waals surface area contributed by atoms with Crippen molar-refractivity contribution >= 4 is 17.4 Å². The normalized spacial score (nSPS) is 11.5. The molecule has 0 atom stereocenters. The fourth-order valence-corrected chi connectivity index (χ4v) is 2.48. The maximum absolute atomic E-state index is 13.6. The van der Waals surface area contributed by atoms with Gasteiger partial charge in [0.15, 0.2) is 11.5 Å². The van der Waals surface area contributed by atoms with E-state index in [1.807, 2.05) is 0 Å². The zero-order chi connectivity index (χ0) is 20.5. The van der Waals surface area contributed by atoms with Crippen LogP contribution in [-0.2, 0) is 12.7 Å². The van der Waals surface area contributed by atoms with Crippen LogP contribution >= 0.6 is 0 Å². The van der Waals surface area contributed by atoms with E-state index in [1.54, 1.807) is 6.92 Å². The molecule has 2 aromatic carbocycles. The van der Waals surface area contributed by atoms with E-state index in [0.717, 1.165) is 22.9 Å². The zero-order valence-electron chi connectivity index (χ0n) is 14.6. The number of benzene rings is 2. The number of hydrogen-bond acceptors (Lipinski definition) is 4. The number of halogens is 4. The van der Waals surface area contributed by atoms with Crippen molar-refractivity contribution in [1.29, 1.82) is 0 Å². The highest BCUT2D eigenvalue weighted by atomic mass is 19.4. The molecule has 1 amide bonds. The molecule has 0 aliphatic rings. The molecule has 0 bridgehead atoms. The van der Waals surface area contributed by atoms with Crippen molar-refractivity contribution < 1.29 is 22.4 Å². The van der Waals surface area contributed by atoms with E-state index in [1.165, 1.54) is 24.3 Å². The second-order valence-electron chi connectivity index (χ2n) is 6.10. The van der Waals surface area contributed by atoms with Gasteiger partial charge >= 0.3 is 6.18 Å². The summed E-state index contributed by atoms with van der Waals surface area (Å²) in [6.07, 6.45) is -4.47. The average molecular weight is 393 g/mol. The Kier molecular flexibility index (Phi) is 5.04. The third kappa shape index (κ3) is 4.11. The monoisotopic (exact) mass is 393 g/mol. The Morgan fingerprint density at radius 3 is 2.64 bits per heavy atom. The lowest BCUT2D eigenvalue weighted by atomic mass is 10.1. The predicted molar refractivity (Wildman–Crippen MR) is 94.1 cm³/mol. The smallest absolute Gasteiger partial charge is 0.382 e. The fraction of sp³-hybridized carbons (Fsp3) is 0.167. The summed E-state index contributed by atoms with van der Waals surface area (Å²) in [5.41, 5.74) is 5.77. The van der Waals surface area contributed by atoms with Gasteiger partial charge in [-0.25, -0.2) is 9.07 Å². The molecule has 3 N–H and O–H groups in total. The number of rotatable bonds is 4.